The van der Waals surface area contributed by atoms with E-state index in [9.17, 15) is 0 Å². The number of rotatable bonds is 11. The molecule has 0 radical (unpaired) electrons. The molecule has 0 saturated heterocycles. The third kappa shape index (κ3) is 10.9. The lowest BCUT2D eigenvalue weighted by Crippen LogP contribution is -2.37. The highest BCUT2D eigenvalue weighted by atomic mass is 127. The summed E-state index contributed by atoms with van der Waals surface area (Å²) in [6.45, 7) is 6.39. The standard InChI is InChI=1S/C15H27N3O3.HI/c1-3-16-15(18-13-14-7-6-10-21-14)17-8-4-5-9-20-12-11-19-2;/h6-7,10H,3-5,8-9,11-13H2,1-2H3,(H2,16,17,18);1H. The average Bonchev–Trinajstić information content (AvgIpc) is 3.00. The van der Waals surface area contributed by atoms with Gasteiger partial charge in [-0.3, -0.25) is 0 Å². The summed E-state index contributed by atoms with van der Waals surface area (Å²) in [4.78, 5) is 4.47. The van der Waals surface area contributed by atoms with Crippen LogP contribution in [0.25, 0.3) is 0 Å². The van der Waals surface area contributed by atoms with Gasteiger partial charge in [-0.15, -0.1) is 24.0 Å². The van der Waals surface area contributed by atoms with E-state index < -0.39 is 0 Å². The van der Waals surface area contributed by atoms with Gasteiger partial charge in [0.25, 0.3) is 0 Å². The number of furan rings is 1. The highest BCUT2D eigenvalue weighted by Gasteiger charge is 1.98. The van der Waals surface area contributed by atoms with Crippen molar-refractivity contribution in [2.75, 3.05) is 40.0 Å². The Labute approximate surface area is 150 Å². The molecule has 0 fully saturated rings. The largest absolute Gasteiger partial charge is 0.467 e. The first-order chi connectivity index (χ1) is 10.4. The average molecular weight is 425 g/mol. The van der Waals surface area contributed by atoms with Crippen LogP contribution in [0.2, 0.25) is 0 Å². The summed E-state index contributed by atoms with van der Waals surface area (Å²) in [5, 5.41) is 6.52. The number of unbranched alkanes of at least 4 members (excludes halogenated alkanes) is 1. The first-order valence-electron chi connectivity index (χ1n) is 7.48. The van der Waals surface area contributed by atoms with Gasteiger partial charge in [0, 0.05) is 26.8 Å². The number of hydrogen-bond acceptors (Lipinski definition) is 4. The van der Waals surface area contributed by atoms with Crippen LogP contribution in [0.5, 0.6) is 0 Å². The summed E-state index contributed by atoms with van der Waals surface area (Å²) in [5.74, 6) is 1.67. The van der Waals surface area contributed by atoms with Gasteiger partial charge in [-0.2, -0.15) is 0 Å². The molecular formula is C15H28IN3O3. The topological polar surface area (TPSA) is 68.0 Å². The van der Waals surface area contributed by atoms with Gasteiger partial charge >= 0.3 is 0 Å². The summed E-state index contributed by atoms with van der Waals surface area (Å²) in [6, 6.07) is 3.79. The Morgan fingerprint density at radius 2 is 2.09 bits per heavy atom. The van der Waals surface area contributed by atoms with Crippen LogP contribution in [0.15, 0.2) is 27.8 Å². The van der Waals surface area contributed by atoms with E-state index >= 15 is 0 Å². The van der Waals surface area contributed by atoms with Crippen LogP contribution >= 0.6 is 24.0 Å². The maximum atomic E-state index is 5.41. The molecule has 0 aliphatic rings. The Bertz CT molecular complexity index is 372. The van der Waals surface area contributed by atoms with Crippen LogP contribution in [-0.4, -0.2) is 46.0 Å². The fourth-order valence-electron chi connectivity index (χ4n) is 1.68. The highest BCUT2D eigenvalue weighted by Crippen LogP contribution is 2.01. The number of hydrogen-bond donors (Lipinski definition) is 2. The van der Waals surface area contributed by atoms with Crippen molar-refractivity contribution < 1.29 is 13.9 Å². The van der Waals surface area contributed by atoms with Gasteiger partial charge in [0.1, 0.15) is 12.3 Å². The molecule has 0 spiro atoms. The van der Waals surface area contributed by atoms with Crippen molar-refractivity contribution in [3.8, 4) is 0 Å². The molecule has 0 aliphatic carbocycles. The monoisotopic (exact) mass is 425 g/mol. The Morgan fingerprint density at radius 1 is 1.23 bits per heavy atom. The summed E-state index contributed by atoms with van der Waals surface area (Å²) in [5.41, 5.74) is 0. The molecule has 6 nitrogen and oxygen atoms in total. The van der Waals surface area contributed by atoms with Crippen LogP contribution < -0.4 is 10.6 Å². The lowest BCUT2D eigenvalue weighted by molar-refractivity contribution is 0.0689. The molecule has 1 rings (SSSR count). The predicted octanol–water partition coefficient (Wildman–Crippen LogP) is 2.40. The van der Waals surface area contributed by atoms with Crippen molar-refractivity contribution in [2.45, 2.75) is 26.3 Å². The van der Waals surface area contributed by atoms with E-state index in [2.05, 4.69) is 15.6 Å². The number of nitrogens with zero attached hydrogens (tertiary/aromatic N) is 1. The first kappa shape index (κ1) is 21.2. The molecule has 0 saturated carbocycles. The second-order valence-electron chi connectivity index (χ2n) is 4.51. The van der Waals surface area contributed by atoms with Gasteiger partial charge in [0.05, 0.1) is 19.5 Å². The third-order valence-electron chi connectivity index (χ3n) is 2.76. The number of guanidine groups is 1. The van der Waals surface area contributed by atoms with Gasteiger partial charge in [-0.25, -0.2) is 4.99 Å². The highest BCUT2D eigenvalue weighted by molar-refractivity contribution is 14.0. The molecule has 0 aliphatic heterocycles. The van der Waals surface area contributed by atoms with Crippen LogP contribution in [0.3, 0.4) is 0 Å². The zero-order valence-corrected chi connectivity index (χ0v) is 15.8. The number of ether oxygens (including phenoxy) is 2. The van der Waals surface area contributed by atoms with Gasteiger partial charge < -0.3 is 24.5 Å². The Kier molecular flexibility index (Phi) is 14.6. The van der Waals surface area contributed by atoms with Crippen LogP contribution in [0.4, 0.5) is 0 Å². The molecular weight excluding hydrogens is 397 g/mol. The summed E-state index contributed by atoms with van der Waals surface area (Å²) >= 11 is 0. The van der Waals surface area contributed by atoms with Crippen molar-refractivity contribution in [3.63, 3.8) is 0 Å². The van der Waals surface area contributed by atoms with Crippen molar-refractivity contribution in [2.24, 2.45) is 4.99 Å². The van der Waals surface area contributed by atoms with Crippen molar-refractivity contribution in [1.29, 1.82) is 0 Å². The minimum Gasteiger partial charge on any atom is -0.467 e. The van der Waals surface area contributed by atoms with E-state index in [0.717, 1.165) is 44.3 Å². The minimum atomic E-state index is 0. The van der Waals surface area contributed by atoms with Crippen molar-refractivity contribution in [1.82, 2.24) is 10.6 Å². The summed E-state index contributed by atoms with van der Waals surface area (Å²) in [7, 11) is 1.68. The van der Waals surface area contributed by atoms with Crippen molar-refractivity contribution in [3.05, 3.63) is 24.2 Å². The molecule has 128 valence electrons. The molecule has 22 heavy (non-hydrogen) atoms. The summed E-state index contributed by atoms with van der Waals surface area (Å²) < 4.78 is 15.6. The van der Waals surface area contributed by atoms with E-state index in [0.29, 0.717) is 19.8 Å². The number of halogens is 1. The maximum absolute atomic E-state index is 5.41. The predicted molar refractivity (Wildman–Crippen MR) is 98.9 cm³/mol. The van der Waals surface area contributed by atoms with E-state index in [1.54, 1.807) is 13.4 Å². The Hall–Kier alpha value is -0.800. The number of methoxy groups -OCH3 is 1. The first-order valence-corrected chi connectivity index (χ1v) is 7.48. The number of nitrogens with one attached hydrogen (secondary N) is 2. The van der Waals surface area contributed by atoms with E-state index in [-0.39, 0.29) is 24.0 Å². The lowest BCUT2D eigenvalue weighted by atomic mass is 10.3. The van der Waals surface area contributed by atoms with E-state index in [4.69, 9.17) is 13.9 Å². The third-order valence-corrected chi connectivity index (χ3v) is 2.76. The molecule has 1 heterocycles. The van der Waals surface area contributed by atoms with E-state index in [1.807, 2.05) is 19.1 Å². The quantitative estimate of drug-likeness (QED) is 0.247. The molecule has 1 aromatic heterocycles. The molecule has 0 unspecified atom stereocenters. The fraction of sp³-hybridized carbons (Fsp3) is 0.667. The molecule has 7 heteroatoms. The maximum Gasteiger partial charge on any atom is 0.191 e. The second kappa shape index (κ2) is 15.1. The van der Waals surface area contributed by atoms with Crippen LogP contribution in [0, 0.1) is 0 Å². The van der Waals surface area contributed by atoms with Crippen molar-refractivity contribution >= 4 is 29.9 Å². The molecule has 1 aromatic rings. The lowest BCUT2D eigenvalue weighted by Gasteiger charge is -2.11. The Morgan fingerprint density at radius 3 is 2.77 bits per heavy atom. The molecule has 2 N–H and O–H groups in total. The summed E-state index contributed by atoms with van der Waals surface area (Å²) in [6.07, 6.45) is 3.72. The Balaban J connectivity index is 0.00000441. The van der Waals surface area contributed by atoms with Gasteiger partial charge in [-0.1, -0.05) is 0 Å². The SMILES string of the molecule is CCNC(=NCc1ccco1)NCCCCOCCOC.I. The molecule has 0 amide bonds. The molecule has 0 bridgehead atoms. The molecule has 0 atom stereocenters. The zero-order valence-electron chi connectivity index (χ0n) is 13.5. The van der Waals surface area contributed by atoms with Crippen LogP contribution in [0.1, 0.15) is 25.5 Å². The van der Waals surface area contributed by atoms with Gasteiger partial charge in [0.15, 0.2) is 5.96 Å². The van der Waals surface area contributed by atoms with Gasteiger partial charge in [-0.05, 0) is 31.9 Å². The second-order valence-corrected chi connectivity index (χ2v) is 4.51. The number of aliphatic imine (C=N–C) groups is 1. The fourth-order valence-corrected chi connectivity index (χ4v) is 1.68. The normalized spacial score (nSPS) is 11.1. The van der Waals surface area contributed by atoms with E-state index in [1.165, 1.54) is 0 Å². The molecule has 0 aromatic carbocycles. The smallest absolute Gasteiger partial charge is 0.191 e. The minimum absolute atomic E-state index is 0. The van der Waals surface area contributed by atoms with Crippen LogP contribution in [-0.2, 0) is 16.0 Å². The van der Waals surface area contributed by atoms with Gasteiger partial charge in [0.2, 0.25) is 0 Å². The zero-order chi connectivity index (χ0) is 15.2.